The van der Waals surface area contributed by atoms with Crippen LogP contribution in [0.4, 0.5) is 5.69 Å². The zero-order valence-electron chi connectivity index (χ0n) is 12.6. The molecule has 4 heteroatoms. The Balaban J connectivity index is 1.82. The smallest absolute Gasteiger partial charge is 0.310 e. The number of amides is 1. The predicted octanol–water partition coefficient (Wildman–Crippen LogP) is 3.45. The van der Waals surface area contributed by atoms with Crippen molar-refractivity contribution in [3.63, 3.8) is 0 Å². The minimum Gasteiger partial charge on any atom is -0.462 e. The third-order valence-electron chi connectivity index (χ3n) is 3.72. The van der Waals surface area contributed by atoms with Gasteiger partial charge in [-0.25, -0.2) is 0 Å². The third-order valence-corrected chi connectivity index (χ3v) is 3.72. The lowest BCUT2D eigenvalue weighted by Gasteiger charge is -2.15. The van der Waals surface area contributed by atoms with Gasteiger partial charge in [0.2, 0.25) is 5.91 Å². The topological polar surface area (TPSA) is 55.4 Å². The van der Waals surface area contributed by atoms with E-state index >= 15 is 0 Å². The van der Waals surface area contributed by atoms with Crippen molar-refractivity contribution in [3.05, 3.63) is 29.8 Å². The van der Waals surface area contributed by atoms with E-state index in [1.165, 1.54) is 19.8 Å². The Hall–Kier alpha value is -1.84. The van der Waals surface area contributed by atoms with Crippen molar-refractivity contribution in [3.8, 4) is 0 Å². The van der Waals surface area contributed by atoms with Crippen LogP contribution in [-0.2, 0) is 20.7 Å². The molecule has 0 aliphatic heterocycles. The SMILES string of the molecule is CC(=O)Nc1ccc(CC(=O)OC2CCCCCC2)cc1. The molecule has 1 aromatic rings. The Kier molecular flexibility index (Phi) is 5.78. The number of ether oxygens (including phenoxy) is 1. The lowest BCUT2D eigenvalue weighted by molar-refractivity contribution is -0.148. The van der Waals surface area contributed by atoms with E-state index in [1.807, 2.05) is 12.1 Å². The van der Waals surface area contributed by atoms with Gasteiger partial charge in [0.05, 0.1) is 6.42 Å². The zero-order valence-corrected chi connectivity index (χ0v) is 12.6. The van der Waals surface area contributed by atoms with Gasteiger partial charge in [-0.1, -0.05) is 25.0 Å². The van der Waals surface area contributed by atoms with Crippen LogP contribution in [0.5, 0.6) is 0 Å². The van der Waals surface area contributed by atoms with E-state index in [2.05, 4.69) is 5.32 Å². The highest BCUT2D eigenvalue weighted by atomic mass is 16.5. The van der Waals surface area contributed by atoms with Gasteiger partial charge in [-0.2, -0.15) is 0 Å². The molecular weight excluding hydrogens is 266 g/mol. The van der Waals surface area contributed by atoms with Crippen molar-refractivity contribution < 1.29 is 14.3 Å². The lowest BCUT2D eigenvalue weighted by Crippen LogP contribution is -2.19. The molecule has 0 heterocycles. The highest BCUT2D eigenvalue weighted by molar-refractivity contribution is 5.88. The fourth-order valence-corrected chi connectivity index (χ4v) is 2.66. The van der Waals surface area contributed by atoms with Crippen LogP contribution in [0.15, 0.2) is 24.3 Å². The molecule has 1 fully saturated rings. The number of carbonyl (C=O) groups excluding carboxylic acids is 2. The van der Waals surface area contributed by atoms with Crippen LogP contribution in [-0.4, -0.2) is 18.0 Å². The summed E-state index contributed by atoms with van der Waals surface area (Å²) >= 11 is 0. The molecule has 1 amide bonds. The monoisotopic (exact) mass is 289 g/mol. The number of esters is 1. The molecule has 0 saturated heterocycles. The van der Waals surface area contributed by atoms with Gasteiger partial charge in [0.15, 0.2) is 0 Å². The van der Waals surface area contributed by atoms with E-state index in [0.29, 0.717) is 0 Å². The van der Waals surface area contributed by atoms with Gasteiger partial charge >= 0.3 is 5.97 Å². The first-order chi connectivity index (χ1) is 10.1. The van der Waals surface area contributed by atoms with Gasteiger partial charge in [-0.05, 0) is 43.4 Å². The second-order valence-corrected chi connectivity index (χ2v) is 5.66. The van der Waals surface area contributed by atoms with Gasteiger partial charge in [0.25, 0.3) is 0 Å². The van der Waals surface area contributed by atoms with Gasteiger partial charge in [-0.3, -0.25) is 9.59 Å². The second-order valence-electron chi connectivity index (χ2n) is 5.66. The van der Waals surface area contributed by atoms with E-state index in [-0.39, 0.29) is 24.4 Å². The van der Waals surface area contributed by atoms with Crippen LogP contribution in [0, 0.1) is 0 Å². The van der Waals surface area contributed by atoms with Crippen molar-refractivity contribution in [2.24, 2.45) is 0 Å². The van der Waals surface area contributed by atoms with Gasteiger partial charge < -0.3 is 10.1 Å². The van der Waals surface area contributed by atoms with E-state index in [9.17, 15) is 9.59 Å². The first kappa shape index (κ1) is 15.5. The highest BCUT2D eigenvalue weighted by Crippen LogP contribution is 2.20. The van der Waals surface area contributed by atoms with E-state index in [4.69, 9.17) is 4.74 Å². The zero-order chi connectivity index (χ0) is 15.1. The maximum atomic E-state index is 12.0. The van der Waals surface area contributed by atoms with E-state index < -0.39 is 0 Å². The number of benzene rings is 1. The summed E-state index contributed by atoms with van der Waals surface area (Å²) in [6.07, 6.45) is 7.18. The number of nitrogens with one attached hydrogen (secondary N) is 1. The molecule has 0 aromatic heterocycles. The molecule has 1 aromatic carbocycles. The van der Waals surface area contributed by atoms with Gasteiger partial charge in [0, 0.05) is 12.6 Å². The summed E-state index contributed by atoms with van der Waals surface area (Å²) in [7, 11) is 0. The Morgan fingerprint density at radius 1 is 1.10 bits per heavy atom. The summed E-state index contributed by atoms with van der Waals surface area (Å²) < 4.78 is 5.56. The largest absolute Gasteiger partial charge is 0.462 e. The van der Waals surface area contributed by atoms with E-state index in [1.54, 1.807) is 12.1 Å². The summed E-state index contributed by atoms with van der Waals surface area (Å²) in [5.41, 5.74) is 1.64. The highest BCUT2D eigenvalue weighted by Gasteiger charge is 2.16. The third kappa shape index (κ3) is 5.58. The van der Waals surface area contributed by atoms with Crippen LogP contribution in [0.25, 0.3) is 0 Å². The summed E-state index contributed by atoms with van der Waals surface area (Å²) in [5, 5.41) is 2.70. The Bertz CT molecular complexity index is 473. The van der Waals surface area contributed by atoms with Crippen molar-refractivity contribution >= 4 is 17.6 Å². The molecule has 0 atom stereocenters. The molecule has 21 heavy (non-hydrogen) atoms. The molecule has 2 rings (SSSR count). The van der Waals surface area contributed by atoms with Crippen LogP contribution in [0.3, 0.4) is 0 Å². The second kappa shape index (κ2) is 7.81. The van der Waals surface area contributed by atoms with Crippen LogP contribution in [0.1, 0.15) is 51.0 Å². The molecule has 0 unspecified atom stereocenters. The first-order valence-corrected chi connectivity index (χ1v) is 7.69. The summed E-state index contributed by atoms with van der Waals surface area (Å²) in [4.78, 5) is 22.9. The molecule has 1 aliphatic rings. The van der Waals surface area contributed by atoms with Gasteiger partial charge in [-0.15, -0.1) is 0 Å². The molecule has 114 valence electrons. The van der Waals surface area contributed by atoms with Crippen LogP contribution >= 0.6 is 0 Å². The summed E-state index contributed by atoms with van der Waals surface area (Å²) in [6.45, 7) is 1.47. The van der Waals surface area contributed by atoms with Crippen molar-refractivity contribution in [1.29, 1.82) is 0 Å². The molecule has 0 bridgehead atoms. The van der Waals surface area contributed by atoms with Crippen LogP contribution in [0.2, 0.25) is 0 Å². The fourth-order valence-electron chi connectivity index (χ4n) is 2.66. The Morgan fingerprint density at radius 3 is 2.29 bits per heavy atom. The predicted molar refractivity (Wildman–Crippen MR) is 82.0 cm³/mol. The summed E-state index contributed by atoms with van der Waals surface area (Å²) in [6, 6.07) is 7.30. The standard InChI is InChI=1S/C17H23NO3/c1-13(19)18-15-10-8-14(9-11-15)12-17(20)21-16-6-4-2-3-5-7-16/h8-11,16H,2-7,12H2,1H3,(H,18,19). The number of hydrogen-bond donors (Lipinski definition) is 1. The Morgan fingerprint density at radius 2 is 1.71 bits per heavy atom. The van der Waals surface area contributed by atoms with E-state index in [0.717, 1.165) is 36.9 Å². The number of carbonyl (C=O) groups is 2. The molecule has 4 nitrogen and oxygen atoms in total. The first-order valence-electron chi connectivity index (χ1n) is 7.69. The lowest BCUT2D eigenvalue weighted by atomic mass is 10.1. The molecule has 1 N–H and O–H groups in total. The van der Waals surface area contributed by atoms with Crippen molar-refractivity contribution in [2.45, 2.75) is 58.0 Å². The number of anilines is 1. The average Bonchev–Trinajstić information content (AvgIpc) is 2.69. The minimum atomic E-state index is -0.158. The molecule has 0 spiro atoms. The van der Waals surface area contributed by atoms with Crippen molar-refractivity contribution in [1.82, 2.24) is 0 Å². The molecule has 1 saturated carbocycles. The number of hydrogen-bond acceptors (Lipinski definition) is 3. The average molecular weight is 289 g/mol. The fraction of sp³-hybridized carbons (Fsp3) is 0.529. The van der Waals surface area contributed by atoms with Gasteiger partial charge in [0.1, 0.15) is 6.10 Å². The maximum Gasteiger partial charge on any atom is 0.310 e. The molecular formula is C17H23NO3. The van der Waals surface area contributed by atoms with Crippen molar-refractivity contribution in [2.75, 3.05) is 5.32 Å². The molecule has 1 aliphatic carbocycles. The normalized spacial score (nSPS) is 16.0. The van der Waals surface area contributed by atoms with Crippen LogP contribution < -0.4 is 5.32 Å². The molecule has 0 radical (unpaired) electrons. The summed E-state index contributed by atoms with van der Waals surface area (Å²) in [5.74, 6) is -0.260. The quantitative estimate of drug-likeness (QED) is 0.682. The number of rotatable bonds is 4. The maximum absolute atomic E-state index is 12.0. The minimum absolute atomic E-state index is 0.0960. The Labute approximate surface area is 125 Å².